The molecule has 0 bridgehead atoms. The van der Waals surface area contributed by atoms with Crippen LogP contribution in [0.1, 0.15) is 79.1 Å². The minimum atomic E-state index is -0.349. The summed E-state index contributed by atoms with van der Waals surface area (Å²) < 4.78 is 5.55. The maximum absolute atomic E-state index is 13.0. The zero-order valence-corrected chi connectivity index (χ0v) is 19.0. The highest BCUT2D eigenvalue weighted by Gasteiger charge is 2.63. The third kappa shape index (κ3) is 3.31. The second-order valence-corrected chi connectivity index (χ2v) is 10.7. The number of hydrogen-bond acceptors (Lipinski definition) is 4. The molecule has 6 atom stereocenters. The highest BCUT2D eigenvalue weighted by Crippen LogP contribution is 2.69. The molecule has 0 N–H and O–H groups in total. The topological polar surface area (TPSA) is 38.7 Å². The first-order chi connectivity index (χ1) is 13.2. The molecule has 0 aromatic heterocycles. The Hall–Kier alpha value is -0.990. The van der Waals surface area contributed by atoms with Crippen LogP contribution in [0.3, 0.4) is 0 Å². The molecule has 28 heavy (non-hydrogen) atoms. The molecule has 3 nitrogen and oxygen atoms in total. The van der Waals surface area contributed by atoms with Crippen molar-refractivity contribution >= 4 is 23.3 Å². The van der Waals surface area contributed by atoms with Crippen molar-refractivity contribution in [2.45, 2.75) is 79.1 Å². The smallest absolute Gasteiger partial charge is 0.312 e. The first-order valence-electron chi connectivity index (χ1n) is 11.0. The quantitative estimate of drug-likeness (QED) is 0.236. The van der Waals surface area contributed by atoms with Gasteiger partial charge in [0, 0.05) is 0 Å². The molecule has 4 heteroatoms. The van der Waals surface area contributed by atoms with Crippen molar-refractivity contribution in [3.8, 4) is 0 Å². The van der Waals surface area contributed by atoms with Crippen molar-refractivity contribution in [3.05, 3.63) is 12.7 Å². The van der Waals surface area contributed by atoms with Gasteiger partial charge >= 0.3 is 5.97 Å². The van der Waals surface area contributed by atoms with E-state index in [2.05, 4.69) is 43.6 Å². The van der Waals surface area contributed by atoms with Crippen LogP contribution in [0.15, 0.2) is 17.6 Å². The van der Waals surface area contributed by atoms with E-state index in [4.69, 9.17) is 17.0 Å². The molecule has 3 aliphatic carbocycles. The van der Waals surface area contributed by atoms with Gasteiger partial charge < -0.3 is 4.74 Å². The number of allylic oxidation sites excluding steroid dienone is 1. The number of hydrogen-bond donors (Lipinski definition) is 0. The summed E-state index contributed by atoms with van der Waals surface area (Å²) in [4.78, 5) is 17.3. The minimum absolute atomic E-state index is 0.0213. The molecule has 156 valence electrons. The molecular weight excluding hydrogens is 366 g/mol. The van der Waals surface area contributed by atoms with Gasteiger partial charge in [0.25, 0.3) is 0 Å². The van der Waals surface area contributed by atoms with Gasteiger partial charge in [-0.25, -0.2) is 4.99 Å². The molecule has 0 amide bonds. The van der Waals surface area contributed by atoms with Crippen molar-refractivity contribution in [2.24, 2.45) is 38.5 Å². The number of aliphatic imine (C=N–C) groups is 1. The van der Waals surface area contributed by atoms with E-state index in [1.165, 1.54) is 12.8 Å². The van der Waals surface area contributed by atoms with Gasteiger partial charge in [-0.3, -0.25) is 4.79 Å². The van der Waals surface area contributed by atoms with Crippen molar-refractivity contribution in [2.75, 3.05) is 13.2 Å². The van der Waals surface area contributed by atoms with Crippen molar-refractivity contribution in [3.63, 3.8) is 0 Å². The number of carbonyl (C=O) groups is 1. The molecule has 3 aliphatic rings. The molecule has 0 aliphatic heterocycles. The maximum Gasteiger partial charge on any atom is 0.312 e. The summed E-state index contributed by atoms with van der Waals surface area (Å²) in [6.45, 7) is 14.5. The van der Waals surface area contributed by atoms with E-state index in [1.807, 2.05) is 6.92 Å². The Morgan fingerprint density at radius 1 is 1.21 bits per heavy atom. The summed E-state index contributed by atoms with van der Waals surface area (Å²) in [5.41, 5.74) is 0.126. The second-order valence-electron chi connectivity index (χ2n) is 10.5. The largest absolute Gasteiger partial charge is 0.466 e. The lowest BCUT2D eigenvalue weighted by Crippen LogP contribution is -2.60. The van der Waals surface area contributed by atoms with Crippen LogP contribution in [-0.4, -0.2) is 24.3 Å². The Bertz CT molecular complexity index is 686. The standard InChI is InChI=1S/C24H37NO2S/c1-6-24-14-10-18-22(4,11-8-12-23(18,5)20(26)27-7-2)19(24)9-13-21(3,15-24)16-25-17-28/h6,18-19H,1,7-16H2,2-5H3/t18-,19-,21-,22+,23+,24+/m0/s1. The van der Waals surface area contributed by atoms with Crippen LogP contribution >= 0.6 is 12.2 Å². The molecule has 0 aromatic rings. The van der Waals surface area contributed by atoms with E-state index in [-0.39, 0.29) is 27.6 Å². The SMILES string of the molecule is C=C[C@]12CC[C@H]3[C@@](C)(CCC[C@@]3(C)C(=O)OCC)[C@@H]1CC[C@](C)(CN=C=S)C2. The predicted octanol–water partition coefficient (Wildman–Crippen LogP) is 6.24. The van der Waals surface area contributed by atoms with Crippen LogP contribution in [0.2, 0.25) is 0 Å². The average molecular weight is 404 g/mol. The van der Waals surface area contributed by atoms with Crippen LogP contribution in [0, 0.1) is 33.5 Å². The summed E-state index contributed by atoms with van der Waals surface area (Å²) in [5, 5.41) is 2.56. The Labute approximate surface area is 176 Å². The fraction of sp³-hybridized carbons (Fsp3) is 0.833. The molecule has 0 radical (unpaired) electrons. The molecule has 3 saturated carbocycles. The van der Waals surface area contributed by atoms with Gasteiger partial charge in [-0.1, -0.05) is 26.3 Å². The van der Waals surface area contributed by atoms with Crippen LogP contribution in [0.4, 0.5) is 0 Å². The van der Waals surface area contributed by atoms with Crippen LogP contribution in [0.5, 0.6) is 0 Å². The van der Waals surface area contributed by atoms with E-state index in [9.17, 15) is 4.79 Å². The number of carbonyl (C=O) groups excluding carboxylic acids is 1. The number of fused-ring (bicyclic) bond motifs is 3. The Balaban J connectivity index is 1.95. The first kappa shape index (κ1) is 21.7. The lowest BCUT2D eigenvalue weighted by Gasteiger charge is -2.65. The van der Waals surface area contributed by atoms with Crippen LogP contribution in [0.25, 0.3) is 0 Å². The third-order valence-electron chi connectivity index (χ3n) is 8.83. The highest BCUT2D eigenvalue weighted by molar-refractivity contribution is 7.78. The molecule has 3 fully saturated rings. The van der Waals surface area contributed by atoms with Gasteiger partial charge in [0.1, 0.15) is 0 Å². The van der Waals surface area contributed by atoms with Gasteiger partial charge in [-0.15, -0.1) is 6.58 Å². The zero-order valence-electron chi connectivity index (χ0n) is 18.2. The number of isothiocyanates is 1. The summed E-state index contributed by atoms with van der Waals surface area (Å²) in [7, 11) is 0. The lowest BCUT2D eigenvalue weighted by atomic mass is 9.39. The molecule has 3 rings (SSSR count). The highest BCUT2D eigenvalue weighted by atomic mass is 32.1. The van der Waals surface area contributed by atoms with Crippen LogP contribution < -0.4 is 0 Å². The lowest BCUT2D eigenvalue weighted by molar-refractivity contribution is -0.187. The van der Waals surface area contributed by atoms with Gasteiger partial charge in [0.05, 0.1) is 23.7 Å². The van der Waals surface area contributed by atoms with E-state index in [0.29, 0.717) is 18.4 Å². The number of ether oxygens (including phenoxy) is 1. The fourth-order valence-electron chi connectivity index (χ4n) is 7.64. The van der Waals surface area contributed by atoms with Gasteiger partial charge in [0.15, 0.2) is 0 Å². The second kappa shape index (κ2) is 7.69. The summed E-state index contributed by atoms with van der Waals surface area (Å²) in [6.07, 6.45) is 11.2. The number of thiocarbonyl (C=S) groups is 1. The number of rotatable bonds is 5. The van der Waals surface area contributed by atoms with E-state index in [0.717, 1.165) is 45.1 Å². The molecule has 0 saturated heterocycles. The molecular formula is C24H37NO2S. The molecule has 0 unspecified atom stereocenters. The molecule has 0 spiro atoms. The Morgan fingerprint density at radius 2 is 1.93 bits per heavy atom. The Morgan fingerprint density at radius 3 is 2.57 bits per heavy atom. The normalized spacial score (nSPS) is 45.1. The van der Waals surface area contributed by atoms with Gasteiger partial charge in [-0.2, -0.15) is 0 Å². The van der Waals surface area contributed by atoms with E-state index < -0.39 is 0 Å². The Kier molecular flexibility index (Phi) is 5.96. The third-order valence-corrected chi connectivity index (χ3v) is 8.96. The van der Waals surface area contributed by atoms with Gasteiger partial charge in [0.2, 0.25) is 0 Å². The van der Waals surface area contributed by atoms with Crippen molar-refractivity contribution in [1.82, 2.24) is 0 Å². The first-order valence-corrected chi connectivity index (χ1v) is 11.4. The minimum Gasteiger partial charge on any atom is -0.466 e. The van der Waals surface area contributed by atoms with Gasteiger partial charge in [-0.05, 0) is 99.1 Å². The number of nitrogens with zero attached hydrogens (tertiary/aromatic N) is 1. The van der Waals surface area contributed by atoms with E-state index >= 15 is 0 Å². The molecule has 0 heterocycles. The maximum atomic E-state index is 13.0. The monoisotopic (exact) mass is 403 g/mol. The fourth-order valence-corrected chi connectivity index (χ4v) is 7.71. The predicted molar refractivity (Wildman–Crippen MR) is 117 cm³/mol. The van der Waals surface area contributed by atoms with Crippen molar-refractivity contribution < 1.29 is 9.53 Å². The average Bonchev–Trinajstić information content (AvgIpc) is 2.66. The summed E-state index contributed by atoms with van der Waals surface area (Å²) in [6, 6.07) is 0. The number of esters is 1. The van der Waals surface area contributed by atoms with Crippen LogP contribution in [-0.2, 0) is 9.53 Å². The molecule has 0 aromatic carbocycles. The van der Waals surface area contributed by atoms with E-state index in [1.54, 1.807) is 0 Å². The summed E-state index contributed by atoms with van der Waals surface area (Å²) in [5.74, 6) is 0.997. The zero-order chi connectivity index (χ0) is 20.6. The summed E-state index contributed by atoms with van der Waals surface area (Å²) >= 11 is 4.83. The van der Waals surface area contributed by atoms with Crippen molar-refractivity contribution in [1.29, 1.82) is 0 Å².